The van der Waals surface area contributed by atoms with Crippen LogP contribution in [0.2, 0.25) is 0 Å². The first-order valence-corrected chi connectivity index (χ1v) is 8.61. The normalized spacial score (nSPS) is 11.2. The molecule has 0 fully saturated rings. The van der Waals surface area contributed by atoms with Crippen LogP contribution in [0.15, 0.2) is 36.4 Å². The summed E-state index contributed by atoms with van der Waals surface area (Å²) in [4.78, 5) is 3.68. The number of aromatic amines is 1. The predicted octanol–water partition coefficient (Wildman–Crippen LogP) is 4.74. The highest BCUT2D eigenvalue weighted by Crippen LogP contribution is 2.35. The summed E-state index contributed by atoms with van der Waals surface area (Å²) in [5.74, 6) is 0.882. The summed E-state index contributed by atoms with van der Waals surface area (Å²) in [5, 5.41) is 1.37. The molecule has 0 spiro atoms. The number of H-pyrrole nitrogens is 1. The van der Waals surface area contributed by atoms with Crippen LogP contribution in [0, 0.1) is 13.8 Å². The third-order valence-corrected chi connectivity index (χ3v) is 4.71. The summed E-state index contributed by atoms with van der Waals surface area (Å²) < 4.78 is 5.41. The van der Waals surface area contributed by atoms with E-state index in [1.807, 2.05) is 12.1 Å². The molecule has 24 heavy (non-hydrogen) atoms. The van der Waals surface area contributed by atoms with Crippen LogP contribution in [0.1, 0.15) is 29.5 Å². The summed E-state index contributed by atoms with van der Waals surface area (Å²) in [6.45, 7) is 5.10. The summed E-state index contributed by atoms with van der Waals surface area (Å²) in [5.41, 5.74) is 13.3. The Morgan fingerprint density at radius 1 is 1.04 bits per heavy atom. The van der Waals surface area contributed by atoms with Crippen LogP contribution in [0.4, 0.5) is 0 Å². The van der Waals surface area contributed by atoms with Crippen molar-refractivity contribution < 1.29 is 4.74 Å². The maximum atomic E-state index is 5.70. The Balaban J connectivity index is 2.19. The van der Waals surface area contributed by atoms with Crippen molar-refractivity contribution in [2.24, 2.45) is 5.73 Å². The zero-order valence-corrected chi connectivity index (χ0v) is 14.8. The Hall–Kier alpha value is -2.26. The molecule has 0 aliphatic heterocycles. The van der Waals surface area contributed by atoms with Gasteiger partial charge in [-0.3, -0.25) is 0 Å². The van der Waals surface area contributed by atoms with Crippen LogP contribution in [0.3, 0.4) is 0 Å². The van der Waals surface area contributed by atoms with E-state index in [0.29, 0.717) is 0 Å². The summed E-state index contributed by atoms with van der Waals surface area (Å²) >= 11 is 0. The average molecular weight is 322 g/mol. The van der Waals surface area contributed by atoms with Gasteiger partial charge >= 0.3 is 0 Å². The first-order chi connectivity index (χ1) is 11.7. The number of nitrogens with one attached hydrogen (secondary N) is 1. The minimum atomic E-state index is 0.745. The van der Waals surface area contributed by atoms with E-state index in [2.05, 4.69) is 43.1 Å². The summed E-state index contributed by atoms with van der Waals surface area (Å²) in [6.07, 6.45) is 3.19. The van der Waals surface area contributed by atoms with Crippen molar-refractivity contribution in [1.29, 1.82) is 0 Å². The molecule has 0 atom stereocenters. The second-order valence-corrected chi connectivity index (χ2v) is 6.41. The highest BCUT2D eigenvalue weighted by atomic mass is 16.5. The van der Waals surface area contributed by atoms with Gasteiger partial charge in [-0.15, -0.1) is 0 Å². The number of ether oxygens (including phenoxy) is 1. The minimum Gasteiger partial charge on any atom is -0.497 e. The van der Waals surface area contributed by atoms with E-state index in [1.54, 1.807) is 7.11 Å². The SMILES string of the molecule is COc1cccc(-c2[nH]c3c(C)ccc(C)c3c2CCCCN)c1. The van der Waals surface area contributed by atoms with Gasteiger partial charge in [0.1, 0.15) is 5.75 Å². The number of hydrogen-bond donors (Lipinski definition) is 2. The van der Waals surface area contributed by atoms with Crippen molar-refractivity contribution in [3.63, 3.8) is 0 Å². The van der Waals surface area contributed by atoms with Crippen molar-refractivity contribution in [2.45, 2.75) is 33.1 Å². The van der Waals surface area contributed by atoms with Crippen molar-refractivity contribution in [3.8, 4) is 17.0 Å². The second kappa shape index (κ2) is 7.10. The fourth-order valence-corrected chi connectivity index (χ4v) is 3.41. The highest BCUT2D eigenvalue weighted by molar-refractivity contribution is 5.95. The zero-order chi connectivity index (χ0) is 17.1. The lowest BCUT2D eigenvalue weighted by Crippen LogP contribution is -1.99. The molecule has 0 saturated carbocycles. The van der Waals surface area contributed by atoms with Crippen LogP contribution in [-0.2, 0) is 6.42 Å². The molecule has 1 heterocycles. The van der Waals surface area contributed by atoms with Crippen LogP contribution in [0.5, 0.6) is 5.75 Å². The molecular weight excluding hydrogens is 296 g/mol. The summed E-state index contributed by atoms with van der Waals surface area (Å²) in [6, 6.07) is 12.7. The van der Waals surface area contributed by atoms with Gasteiger partial charge in [0, 0.05) is 22.2 Å². The van der Waals surface area contributed by atoms with Crippen molar-refractivity contribution in [2.75, 3.05) is 13.7 Å². The molecule has 3 heteroatoms. The van der Waals surface area contributed by atoms with Crippen LogP contribution in [0.25, 0.3) is 22.2 Å². The van der Waals surface area contributed by atoms with Crippen molar-refractivity contribution >= 4 is 10.9 Å². The summed E-state index contributed by atoms with van der Waals surface area (Å²) in [7, 11) is 1.71. The molecule has 1 aromatic heterocycles. The number of aryl methyl sites for hydroxylation is 3. The monoisotopic (exact) mass is 322 g/mol. The van der Waals surface area contributed by atoms with Crippen LogP contribution in [-0.4, -0.2) is 18.6 Å². The van der Waals surface area contributed by atoms with E-state index in [0.717, 1.165) is 31.6 Å². The molecule has 3 aromatic rings. The maximum Gasteiger partial charge on any atom is 0.119 e. The maximum absolute atomic E-state index is 5.70. The highest BCUT2D eigenvalue weighted by Gasteiger charge is 2.16. The van der Waals surface area contributed by atoms with Gasteiger partial charge in [-0.25, -0.2) is 0 Å². The molecule has 0 aliphatic rings. The number of rotatable bonds is 6. The molecule has 0 unspecified atom stereocenters. The van der Waals surface area contributed by atoms with Gasteiger partial charge in [0.05, 0.1) is 7.11 Å². The van der Waals surface area contributed by atoms with E-state index in [1.165, 1.54) is 38.9 Å². The van der Waals surface area contributed by atoms with Gasteiger partial charge in [-0.05, 0) is 68.5 Å². The largest absolute Gasteiger partial charge is 0.497 e. The van der Waals surface area contributed by atoms with Gasteiger partial charge in [0.15, 0.2) is 0 Å². The molecule has 2 aromatic carbocycles. The Morgan fingerprint density at radius 2 is 1.83 bits per heavy atom. The van der Waals surface area contributed by atoms with Gasteiger partial charge in [0.2, 0.25) is 0 Å². The number of nitrogens with two attached hydrogens (primary N) is 1. The topological polar surface area (TPSA) is 51.0 Å². The van der Waals surface area contributed by atoms with Gasteiger partial charge < -0.3 is 15.5 Å². The number of hydrogen-bond acceptors (Lipinski definition) is 2. The molecule has 0 bridgehead atoms. The van der Waals surface area contributed by atoms with Gasteiger partial charge in [0.25, 0.3) is 0 Å². The molecule has 3 nitrogen and oxygen atoms in total. The van der Waals surface area contributed by atoms with Crippen LogP contribution < -0.4 is 10.5 Å². The molecule has 0 saturated heterocycles. The number of benzene rings is 2. The third-order valence-electron chi connectivity index (χ3n) is 4.71. The van der Waals surface area contributed by atoms with Crippen molar-refractivity contribution in [3.05, 3.63) is 53.1 Å². The van der Waals surface area contributed by atoms with Gasteiger partial charge in [-0.2, -0.15) is 0 Å². The Kier molecular flexibility index (Phi) is 4.91. The first kappa shape index (κ1) is 16.6. The fraction of sp³-hybridized carbons (Fsp3) is 0.333. The van der Waals surface area contributed by atoms with Crippen LogP contribution >= 0.6 is 0 Å². The molecule has 0 aliphatic carbocycles. The Labute approximate surface area is 143 Å². The second-order valence-electron chi connectivity index (χ2n) is 6.41. The van der Waals surface area contributed by atoms with E-state index in [4.69, 9.17) is 10.5 Å². The molecule has 0 amide bonds. The third kappa shape index (κ3) is 3.04. The Morgan fingerprint density at radius 3 is 2.58 bits per heavy atom. The number of methoxy groups -OCH3 is 1. The van der Waals surface area contributed by atoms with E-state index < -0.39 is 0 Å². The molecule has 0 radical (unpaired) electrons. The van der Waals surface area contributed by atoms with E-state index in [9.17, 15) is 0 Å². The number of aromatic nitrogens is 1. The lowest BCUT2D eigenvalue weighted by Gasteiger charge is -2.08. The standard InChI is InChI=1S/C21H26N2O/c1-14-10-11-15(2)20-19(14)18(9-4-5-12-22)21(23-20)16-7-6-8-17(13-16)24-3/h6-8,10-11,13,23H,4-5,9,12,22H2,1-3H3. The lowest BCUT2D eigenvalue weighted by molar-refractivity contribution is 0.415. The quantitative estimate of drug-likeness (QED) is 0.644. The minimum absolute atomic E-state index is 0.745. The average Bonchev–Trinajstić information content (AvgIpc) is 2.99. The first-order valence-electron chi connectivity index (χ1n) is 8.61. The van der Waals surface area contributed by atoms with Crippen molar-refractivity contribution in [1.82, 2.24) is 4.98 Å². The van der Waals surface area contributed by atoms with Gasteiger partial charge in [-0.1, -0.05) is 24.3 Å². The molecule has 3 rings (SSSR count). The lowest BCUT2D eigenvalue weighted by atomic mass is 9.97. The smallest absolute Gasteiger partial charge is 0.119 e. The predicted molar refractivity (Wildman–Crippen MR) is 102 cm³/mol. The zero-order valence-electron chi connectivity index (χ0n) is 14.8. The van der Waals surface area contributed by atoms with E-state index >= 15 is 0 Å². The number of fused-ring (bicyclic) bond motifs is 1. The molecular formula is C21H26N2O. The number of unbranched alkanes of at least 4 members (excludes halogenated alkanes) is 1. The molecule has 126 valence electrons. The Bertz CT molecular complexity index is 848. The fourth-order valence-electron chi connectivity index (χ4n) is 3.41. The van der Waals surface area contributed by atoms with E-state index in [-0.39, 0.29) is 0 Å². The molecule has 3 N–H and O–H groups in total.